The van der Waals surface area contributed by atoms with Crippen LogP contribution < -0.4 is 5.73 Å². The lowest BCUT2D eigenvalue weighted by Crippen LogP contribution is -2.48. The summed E-state index contributed by atoms with van der Waals surface area (Å²) in [6.07, 6.45) is 4.20. The number of hydrogen-bond acceptors (Lipinski definition) is 3. The van der Waals surface area contributed by atoms with Crippen molar-refractivity contribution in [2.75, 3.05) is 6.54 Å². The van der Waals surface area contributed by atoms with Crippen molar-refractivity contribution in [1.82, 2.24) is 4.90 Å². The lowest BCUT2D eigenvalue weighted by atomic mass is 9.78. The van der Waals surface area contributed by atoms with Gasteiger partial charge in [0.25, 0.3) is 0 Å². The quantitative estimate of drug-likeness (QED) is 0.771. The summed E-state index contributed by atoms with van der Waals surface area (Å²) in [5.74, 6) is -2.71. The van der Waals surface area contributed by atoms with E-state index in [1.807, 2.05) is 0 Å². The molecule has 0 bridgehead atoms. The van der Waals surface area contributed by atoms with Gasteiger partial charge in [-0.05, 0) is 25.7 Å². The Morgan fingerprint density at radius 1 is 1.00 bits per heavy atom. The fraction of sp³-hybridized carbons (Fsp3) is 0.769. The van der Waals surface area contributed by atoms with Crippen molar-refractivity contribution in [1.29, 1.82) is 0 Å². The van der Waals surface area contributed by atoms with Crippen molar-refractivity contribution >= 4 is 17.8 Å². The van der Waals surface area contributed by atoms with E-state index < -0.39 is 29.8 Å². The number of hydrogen-bond donors (Lipinski definition) is 2. The van der Waals surface area contributed by atoms with Crippen molar-refractivity contribution in [3.63, 3.8) is 0 Å². The smallest absolute Gasteiger partial charge is 0.307 e. The van der Waals surface area contributed by atoms with Crippen LogP contribution in [-0.2, 0) is 14.4 Å². The molecule has 0 aromatic rings. The monoisotopic (exact) mass is 268 g/mol. The topological polar surface area (TPSA) is 101 Å². The van der Waals surface area contributed by atoms with Crippen LogP contribution in [0.3, 0.4) is 0 Å². The van der Waals surface area contributed by atoms with Crippen molar-refractivity contribution in [3.8, 4) is 0 Å². The van der Waals surface area contributed by atoms with Gasteiger partial charge in [0.15, 0.2) is 0 Å². The number of nitrogens with zero attached hydrogens (tertiary/aromatic N) is 1. The normalized spacial score (nSPS) is 31.2. The molecule has 3 N–H and O–H groups in total. The summed E-state index contributed by atoms with van der Waals surface area (Å²) >= 11 is 0. The zero-order chi connectivity index (χ0) is 14.0. The molecule has 1 aliphatic carbocycles. The summed E-state index contributed by atoms with van der Waals surface area (Å²) in [7, 11) is 0. The highest BCUT2D eigenvalue weighted by Gasteiger charge is 2.42. The van der Waals surface area contributed by atoms with E-state index in [2.05, 4.69) is 0 Å². The number of carboxylic acids is 1. The molecule has 2 amide bonds. The van der Waals surface area contributed by atoms with Gasteiger partial charge < -0.3 is 15.7 Å². The second-order valence-electron chi connectivity index (χ2n) is 5.43. The first kappa shape index (κ1) is 13.8. The Morgan fingerprint density at radius 2 is 1.63 bits per heavy atom. The first-order valence-corrected chi connectivity index (χ1v) is 6.85. The summed E-state index contributed by atoms with van der Waals surface area (Å²) in [6, 6.07) is -0.552. The average molecular weight is 268 g/mol. The van der Waals surface area contributed by atoms with E-state index in [1.165, 1.54) is 4.90 Å². The Labute approximate surface area is 111 Å². The SMILES string of the molecule is NC(=O)C1CCCN1C(=O)[C@@H]1CCCC[C@@H]1C(=O)O. The highest BCUT2D eigenvalue weighted by Crippen LogP contribution is 2.33. The van der Waals surface area contributed by atoms with Gasteiger partial charge in [0.05, 0.1) is 11.8 Å². The van der Waals surface area contributed by atoms with Crippen molar-refractivity contribution in [3.05, 3.63) is 0 Å². The van der Waals surface area contributed by atoms with E-state index in [0.717, 1.165) is 19.3 Å². The molecular formula is C13H20N2O4. The molecule has 2 rings (SSSR count). The number of primary amides is 1. The second kappa shape index (κ2) is 5.59. The molecule has 1 aliphatic heterocycles. The molecule has 1 saturated heterocycles. The molecule has 19 heavy (non-hydrogen) atoms. The maximum absolute atomic E-state index is 12.5. The Balaban J connectivity index is 2.13. The maximum atomic E-state index is 12.5. The number of aliphatic carboxylic acids is 1. The Hall–Kier alpha value is -1.59. The standard InChI is InChI=1S/C13H20N2O4/c14-11(16)10-6-3-7-15(10)12(17)8-4-1-2-5-9(8)13(18)19/h8-10H,1-7H2,(H2,14,16)(H,18,19)/t8-,9+,10?/m1/s1. The summed E-state index contributed by atoms with van der Waals surface area (Å²) < 4.78 is 0. The number of carboxylic acid groups (broad SMARTS) is 1. The Bertz CT molecular complexity index is 396. The van der Waals surface area contributed by atoms with E-state index in [0.29, 0.717) is 25.8 Å². The molecular weight excluding hydrogens is 248 g/mol. The van der Waals surface area contributed by atoms with E-state index in [4.69, 9.17) is 5.73 Å². The highest BCUT2D eigenvalue weighted by atomic mass is 16.4. The van der Waals surface area contributed by atoms with Gasteiger partial charge in [0, 0.05) is 6.54 Å². The van der Waals surface area contributed by atoms with E-state index in [1.54, 1.807) is 0 Å². The summed E-state index contributed by atoms with van der Waals surface area (Å²) in [5.41, 5.74) is 5.30. The van der Waals surface area contributed by atoms with E-state index in [9.17, 15) is 19.5 Å². The predicted octanol–water partition coefficient (Wildman–Crippen LogP) is 0.354. The van der Waals surface area contributed by atoms with Crippen LogP contribution in [0, 0.1) is 11.8 Å². The zero-order valence-corrected chi connectivity index (χ0v) is 10.9. The van der Waals surface area contributed by atoms with E-state index in [-0.39, 0.29) is 5.91 Å². The van der Waals surface area contributed by atoms with Crippen molar-refractivity contribution in [2.24, 2.45) is 17.6 Å². The second-order valence-corrected chi connectivity index (χ2v) is 5.43. The maximum Gasteiger partial charge on any atom is 0.307 e. The van der Waals surface area contributed by atoms with Crippen LogP contribution >= 0.6 is 0 Å². The van der Waals surface area contributed by atoms with Gasteiger partial charge in [-0.3, -0.25) is 14.4 Å². The number of carbonyl (C=O) groups excluding carboxylic acids is 2. The number of rotatable bonds is 3. The van der Waals surface area contributed by atoms with Crippen LogP contribution in [0.5, 0.6) is 0 Å². The predicted molar refractivity (Wildman–Crippen MR) is 67.0 cm³/mol. The molecule has 1 saturated carbocycles. The van der Waals surface area contributed by atoms with Gasteiger partial charge in [0.2, 0.25) is 11.8 Å². The van der Waals surface area contributed by atoms with Crippen LogP contribution in [-0.4, -0.2) is 40.4 Å². The van der Waals surface area contributed by atoms with Crippen molar-refractivity contribution < 1.29 is 19.5 Å². The third-order valence-electron chi connectivity index (χ3n) is 4.26. The van der Waals surface area contributed by atoms with Crippen LogP contribution in [0.2, 0.25) is 0 Å². The molecule has 2 aliphatic rings. The average Bonchev–Trinajstić information content (AvgIpc) is 2.87. The van der Waals surface area contributed by atoms with Gasteiger partial charge in [-0.25, -0.2) is 0 Å². The molecule has 0 spiro atoms. The summed E-state index contributed by atoms with van der Waals surface area (Å²) in [6.45, 7) is 0.509. The molecule has 0 radical (unpaired) electrons. The van der Waals surface area contributed by atoms with Gasteiger partial charge in [-0.1, -0.05) is 12.8 Å². The molecule has 0 aromatic heterocycles. The van der Waals surface area contributed by atoms with Crippen LogP contribution in [0.15, 0.2) is 0 Å². The van der Waals surface area contributed by atoms with Crippen LogP contribution in [0.1, 0.15) is 38.5 Å². The number of likely N-dealkylation sites (tertiary alicyclic amines) is 1. The molecule has 1 unspecified atom stereocenters. The number of amides is 2. The minimum absolute atomic E-state index is 0.201. The molecule has 0 aromatic carbocycles. The molecule has 106 valence electrons. The fourth-order valence-electron chi connectivity index (χ4n) is 3.26. The van der Waals surface area contributed by atoms with Crippen molar-refractivity contribution in [2.45, 2.75) is 44.6 Å². The Morgan fingerprint density at radius 3 is 2.21 bits per heavy atom. The first-order chi connectivity index (χ1) is 9.02. The van der Waals surface area contributed by atoms with Gasteiger partial charge in [0.1, 0.15) is 6.04 Å². The molecule has 6 nitrogen and oxygen atoms in total. The summed E-state index contributed by atoms with van der Waals surface area (Å²) in [4.78, 5) is 36.5. The molecule has 1 heterocycles. The minimum Gasteiger partial charge on any atom is -0.481 e. The molecule has 2 fully saturated rings. The Kier molecular flexibility index (Phi) is 4.07. The minimum atomic E-state index is -0.909. The first-order valence-electron chi connectivity index (χ1n) is 6.85. The lowest BCUT2D eigenvalue weighted by molar-refractivity contribution is -0.153. The highest BCUT2D eigenvalue weighted by molar-refractivity contribution is 5.90. The lowest BCUT2D eigenvalue weighted by Gasteiger charge is -2.32. The molecule has 6 heteroatoms. The third-order valence-corrected chi connectivity index (χ3v) is 4.26. The van der Waals surface area contributed by atoms with Gasteiger partial charge in [-0.2, -0.15) is 0 Å². The van der Waals surface area contributed by atoms with E-state index >= 15 is 0 Å². The van der Waals surface area contributed by atoms with Gasteiger partial charge in [-0.15, -0.1) is 0 Å². The molecule has 3 atom stereocenters. The number of nitrogens with two attached hydrogens (primary N) is 1. The van der Waals surface area contributed by atoms with Crippen LogP contribution in [0.4, 0.5) is 0 Å². The largest absolute Gasteiger partial charge is 0.481 e. The summed E-state index contributed by atoms with van der Waals surface area (Å²) in [5, 5.41) is 9.21. The third kappa shape index (κ3) is 2.72. The number of carbonyl (C=O) groups is 3. The zero-order valence-electron chi connectivity index (χ0n) is 10.9. The fourth-order valence-corrected chi connectivity index (χ4v) is 3.26. The van der Waals surface area contributed by atoms with Gasteiger partial charge >= 0.3 is 5.97 Å². The van der Waals surface area contributed by atoms with Crippen LogP contribution in [0.25, 0.3) is 0 Å².